The lowest BCUT2D eigenvalue weighted by molar-refractivity contribution is 0.0949. The van der Waals surface area contributed by atoms with Crippen molar-refractivity contribution < 1.29 is 9.53 Å². The number of pyridine rings is 1. The number of amides is 1. The average Bonchev–Trinajstić information content (AvgIpc) is 2.50. The highest BCUT2D eigenvalue weighted by Gasteiger charge is 2.17. The van der Waals surface area contributed by atoms with Gasteiger partial charge in [-0.2, -0.15) is 0 Å². The molecule has 0 bridgehead atoms. The minimum atomic E-state index is -0.276. The predicted molar refractivity (Wildman–Crippen MR) is 99.7 cm³/mol. The van der Waals surface area contributed by atoms with Gasteiger partial charge in [0, 0.05) is 28.9 Å². The number of nitrogens with one attached hydrogen (secondary N) is 2. The van der Waals surface area contributed by atoms with E-state index in [1.807, 2.05) is 33.8 Å². The summed E-state index contributed by atoms with van der Waals surface area (Å²) in [6.45, 7) is 9.42. The van der Waals surface area contributed by atoms with E-state index in [0.717, 1.165) is 11.3 Å². The van der Waals surface area contributed by atoms with Crippen molar-refractivity contribution >= 4 is 17.5 Å². The molecule has 0 aliphatic heterocycles. The molecule has 2 rings (SSSR count). The first kappa shape index (κ1) is 19.1. The van der Waals surface area contributed by atoms with E-state index in [9.17, 15) is 9.59 Å². The third-order valence-electron chi connectivity index (χ3n) is 3.88. The van der Waals surface area contributed by atoms with Crippen LogP contribution in [-0.2, 0) is 6.54 Å². The second-order valence-corrected chi connectivity index (χ2v) is 6.75. The zero-order valence-electron chi connectivity index (χ0n) is 15.1. The minimum absolute atomic E-state index is 0.0525. The van der Waals surface area contributed by atoms with Gasteiger partial charge >= 0.3 is 0 Å². The Morgan fingerprint density at radius 1 is 1.28 bits per heavy atom. The summed E-state index contributed by atoms with van der Waals surface area (Å²) < 4.78 is 5.71. The number of halogens is 1. The number of H-pyrrole nitrogens is 1. The first-order chi connectivity index (χ1) is 11.7. The van der Waals surface area contributed by atoms with Crippen LogP contribution < -0.4 is 15.6 Å². The fraction of sp³-hybridized carbons (Fsp3) is 0.368. The molecule has 0 saturated carbocycles. The molecule has 1 heterocycles. The zero-order chi connectivity index (χ0) is 18.7. The van der Waals surface area contributed by atoms with E-state index in [0.29, 0.717) is 27.5 Å². The van der Waals surface area contributed by atoms with Crippen LogP contribution in [0, 0.1) is 20.8 Å². The van der Waals surface area contributed by atoms with Gasteiger partial charge in [-0.3, -0.25) is 9.59 Å². The van der Waals surface area contributed by atoms with Crippen LogP contribution in [0.2, 0.25) is 5.02 Å². The van der Waals surface area contributed by atoms with Crippen LogP contribution >= 0.6 is 11.6 Å². The SMILES string of the molecule is Cc1cc(C)c(CNC(=O)c2ccc(Cl)c(OC(C)C)c2C)c(=O)[nH]1. The van der Waals surface area contributed by atoms with Crippen LogP contribution in [-0.4, -0.2) is 17.0 Å². The lowest BCUT2D eigenvalue weighted by Gasteiger charge is -2.17. The smallest absolute Gasteiger partial charge is 0.253 e. The molecule has 0 spiro atoms. The first-order valence-electron chi connectivity index (χ1n) is 8.14. The summed E-state index contributed by atoms with van der Waals surface area (Å²) in [6, 6.07) is 5.18. The van der Waals surface area contributed by atoms with Crippen LogP contribution in [0.15, 0.2) is 23.0 Å². The van der Waals surface area contributed by atoms with Crippen molar-refractivity contribution in [3.8, 4) is 5.75 Å². The minimum Gasteiger partial charge on any atom is -0.489 e. The van der Waals surface area contributed by atoms with Crippen molar-refractivity contribution in [3.63, 3.8) is 0 Å². The van der Waals surface area contributed by atoms with Gasteiger partial charge in [0.2, 0.25) is 0 Å². The van der Waals surface area contributed by atoms with Gasteiger partial charge in [0.05, 0.1) is 11.1 Å². The summed E-state index contributed by atoms with van der Waals surface area (Å²) in [5.41, 5.74) is 3.15. The fourth-order valence-corrected chi connectivity index (χ4v) is 2.90. The number of hydrogen-bond acceptors (Lipinski definition) is 3. The molecule has 0 atom stereocenters. The number of aromatic nitrogens is 1. The molecule has 0 aliphatic carbocycles. The van der Waals surface area contributed by atoms with Gasteiger partial charge in [0.15, 0.2) is 0 Å². The number of benzene rings is 1. The molecule has 1 aromatic carbocycles. The normalized spacial score (nSPS) is 10.8. The molecular weight excluding hydrogens is 340 g/mol. The highest BCUT2D eigenvalue weighted by Crippen LogP contribution is 2.31. The summed E-state index contributed by atoms with van der Waals surface area (Å²) in [4.78, 5) is 27.4. The lowest BCUT2D eigenvalue weighted by atomic mass is 10.1. The van der Waals surface area contributed by atoms with Crippen LogP contribution in [0.25, 0.3) is 0 Å². The van der Waals surface area contributed by atoms with E-state index in [4.69, 9.17) is 16.3 Å². The summed E-state index contributed by atoms with van der Waals surface area (Å²) in [6.07, 6.45) is -0.0525. The van der Waals surface area contributed by atoms with Crippen molar-refractivity contribution in [3.05, 3.63) is 61.5 Å². The van der Waals surface area contributed by atoms with Crippen LogP contribution in [0.1, 0.15) is 46.6 Å². The van der Waals surface area contributed by atoms with E-state index in [1.165, 1.54) is 0 Å². The molecule has 5 nitrogen and oxygen atoms in total. The number of carbonyl (C=O) groups is 1. The Bertz CT molecular complexity index is 856. The van der Waals surface area contributed by atoms with Gasteiger partial charge in [-0.15, -0.1) is 0 Å². The maximum absolute atomic E-state index is 12.6. The molecule has 134 valence electrons. The summed E-state index contributed by atoms with van der Waals surface area (Å²) >= 11 is 6.18. The molecule has 6 heteroatoms. The third kappa shape index (κ3) is 4.42. The highest BCUT2D eigenvalue weighted by atomic mass is 35.5. The maximum Gasteiger partial charge on any atom is 0.253 e. The maximum atomic E-state index is 12.6. The Balaban J connectivity index is 2.24. The van der Waals surface area contributed by atoms with Crippen molar-refractivity contribution in [1.82, 2.24) is 10.3 Å². The molecule has 0 unspecified atom stereocenters. The molecule has 25 heavy (non-hydrogen) atoms. The molecule has 2 N–H and O–H groups in total. The molecular formula is C19H23ClN2O3. The van der Waals surface area contributed by atoms with Gasteiger partial charge in [-0.25, -0.2) is 0 Å². The Kier molecular flexibility index (Phi) is 5.90. The molecule has 1 amide bonds. The predicted octanol–water partition coefficient (Wildman–Crippen LogP) is 3.67. The zero-order valence-corrected chi connectivity index (χ0v) is 15.9. The lowest BCUT2D eigenvalue weighted by Crippen LogP contribution is -2.28. The number of aromatic amines is 1. The topological polar surface area (TPSA) is 71.2 Å². The molecule has 1 aromatic heterocycles. The van der Waals surface area contributed by atoms with E-state index in [2.05, 4.69) is 10.3 Å². The highest BCUT2D eigenvalue weighted by molar-refractivity contribution is 6.32. The third-order valence-corrected chi connectivity index (χ3v) is 4.17. The average molecular weight is 363 g/mol. The van der Waals surface area contributed by atoms with Crippen molar-refractivity contribution in [1.29, 1.82) is 0 Å². The molecule has 0 radical (unpaired) electrons. The van der Waals surface area contributed by atoms with Crippen LogP contribution in [0.3, 0.4) is 0 Å². The Morgan fingerprint density at radius 3 is 2.56 bits per heavy atom. The molecule has 0 aliphatic rings. The van der Waals surface area contributed by atoms with Gasteiger partial charge < -0.3 is 15.0 Å². The van der Waals surface area contributed by atoms with Crippen LogP contribution in [0.4, 0.5) is 0 Å². The number of aryl methyl sites for hydroxylation is 2. The van der Waals surface area contributed by atoms with E-state index in [1.54, 1.807) is 19.1 Å². The fourth-order valence-electron chi connectivity index (χ4n) is 2.65. The molecule has 0 fully saturated rings. The molecule has 2 aromatic rings. The van der Waals surface area contributed by atoms with E-state index in [-0.39, 0.29) is 24.1 Å². The Morgan fingerprint density at radius 2 is 1.96 bits per heavy atom. The summed E-state index contributed by atoms with van der Waals surface area (Å²) in [7, 11) is 0. The van der Waals surface area contributed by atoms with Crippen LogP contribution in [0.5, 0.6) is 5.75 Å². The quantitative estimate of drug-likeness (QED) is 0.852. The Hall–Kier alpha value is -2.27. The standard InChI is InChI=1S/C19H23ClN2O3/c1-10(2)25-17-13(5)14(6-7-16(17)20)18(23)21-9-15-11(3)8-12(4)22-19(15)24/h6-8,10H,9H2,1-5H3,(H,21,23)(H,22,24). The second-order valence-electron chi connectivity index (χ2n) is 6.34. The number of carbonyl (C=O) groups excluding carboxylic acids is 1. The summed E-state index contributed by atoms with van der Waals surface area (Å²) in [5, 5.41) is 3.27. The van der Waals surface area contributed by atoms with Gasteiger partial charge in [0.1, 0.15) is 5.75 Å². The van der Waals surface area contributed by atoms with Crippen molar-refractivity contribution in [2.45, 2.75) is 47.3 Å². The van der Waals surface area contributed by atoms with Gasteiger partial charge in [0.25, 0.3) is 11.5 Å². The monoisotopic (exact) mass is 362 g/mol. The first-order valence-corrected chi connectivity index (χ1v) is 8.51. The number of hydrogen-bond donors (Lipinski definition) is 2. The molecule has 0 saturated heterocycles. The van der Waals surface area contributed by atoms with Crippen molar-refractivity contribution in [2.24, 2.45) is 0 Å². The van der Waals surface area contributed by atoms with Gasteiger partial charge in [-0.1, -0.05) is 11.6 Å². The summed E-state index contributed by atoms with van der Waals surface area (Å²) in [5.74, 6) is 0.232. The largest absolute Gasteiger partial charge is 0.489 e. The van der Waals surface area contributed by atoms with Crippen molar-refractivity contribution in [2.75, 3.05) is 0 Å². The van der Waals surface area contributed by atoms with Gasteiger partial charge in [-0.05, 0) is 58.4 Å². The number of rotatable bonds is 5. The number of ether oxygens (including phenoxy) is 1. The Labute approximate surface area is 152 Å². The second kappa shape index (κ2) is 7.74. The van der Waals surface area contributed by atoms with E-state index >= 15 is 0 Å². The van der Waals surface area contributed by atoms with E-state index < -0.39 is 0 Å².